The minimum atomic E-state index is -0.205. The van der Waals surface area contributed by atoms with Gasteiger partial charge in [0.05, 0.1) is 6.61 Å². The molecule has 0 N–H and O–H groups in total. The van der Waals surface area contributed by atoms with Crippen molar-refractivity contribution in [3.63, 3.8) is 0 Å². The topological polar surface area (TPSA) is 29.5 Å². The SMILES string of the molecule is CCN(CC)C(=O)COCCc1cc2ccsc2cc1F. The number of thiophene rings is 1. The summed E-state index contributed by atoms with van der Waals surface area (Å²) in [7, 11) is 0. The van der Waals surface area contributed by atoms with Crippen molar-refractivity contribution in [2.75, 3.05) is 26.3 Å². The van der Waals surface area contributed by atoms with Crippen molar-refractivity contribution in [1.82, 2.24) is 4.90 Å². The molecule has 0 atom stereocenters. The summed E-state index contributed by atoms with van der Waals surface area (Å²) in [5.41, 5.74) is 0.635. The largest absolute Gasteiger partial charge is 0.371 e. The van der Waals surface area contributed by atoms with E-state index in [0.717, 1.165) is 10.1 Å². The number of hydrogen-bond donors (Lipinski definition) is 0. The van der Waals surface area contributed by atoms with Gasteiger partial charge in [-0.3, -0.25) is 4.79 Å². The minimum Gasteiger partial charge on any atom is -0.371 e. The quantitative estimate of drug-likeness (QED) is 0.733. The van der Waals surface area contributed by atoms with Crippen LogP contribution in [-0.4, -0.2) is 37.1 Å². The Morgan fingerprint density at radius 2 is 2.10 bits per heavy atom. The average molecular weight is 309 g/mol. The number of likely N-dealkylation sites (N-methyl/N-ethyl adjacent to an activating group) is 1. The summed E-state index contributed by atoms with van der Waals surface area (Å²) >= 11 is 1.53. The van der Waals surface area contributed by atoms with E-state index in [-0.39, 0.29) is 18.3 Å². The Balaban J connectivity index is 1.85. The first-order valence-corrected chi connectivity index (χ1v) is 8.04. The molecule has 114 valence electrons. The second kappa shape index (κ2) is 7.52. The molecule has 1 aromatic heterocycles. The van der Waals surface area contributed by atoms with E-state index in [1.165, 1.54) is 11.3 Å². The van der Waals surface area contributed by atoms with Crippen molar-refractivity contribution in [1.29, 1.82) is 0 Å². The lowest BCUT2D eigenvalue weighted by Crippen LogP contribution is -2.33. The summed E-state index contributed by atoms with van der Waals surface area (Å²) in [6, 6.07) is 5.40. The Kier molecular flexibility index (Phi) is 5.70. The highest BCUT2D eigenvalue weighted by Gasteiger charge is 2.10. The maximum atomic E-state index is 13.9. The summed E-state index contributed by atoms with van der Waals surface area (Å²) in [6.07, 6.45) is 0.475. The molecular weight excluding hydrogens is 289 g/mol. The molecule has 5 heteroatoms. The number of nitrogens with zero attached hydrogens (tertiary/aromatic N) is 1. The molecule has 0 bridgehead atoms. The molecule has 3 nitrogen and oxygen atoms in total. The van der Waals surface area contributed by atoms with E-state index in [0.29, 0.717) is 31.7 Å². The third-order valence-electron chi connectivity index (χ3n) is 3.48. The number of rotatable bonds is 7. The highest BCUT2D eigenvalue weighted by atomic mass is 32.1. The number of benzene rings is 1. The number of ether oxygens (including phenoxy) is 1. The lowest BCUT2D eigenvalue weighted by Gasteiger charge is -2.18. The Morgan fingerprint density at radius 1 is 1.33 bits per heavy atom. The van der Waals surface area contributed by atoms with Gasteiger partial charge in [-0.2, -0.15) is 0 Å². The van der Waals surface area contributed by atoms with E-state index < -0.39 is 0 Å². The predicted molar refractivity (Wildman–Crippen MR) is 84.2 cm³/mol. The molecule has 0 aliphatic heterocycles. The normalized spacial score (nSPS) is 11.0. The van der Waals surface area contributed by atoms with Gasteiger partial charge in [-0.1, -0.05) is 0 Å². The van der Waals surface area contributed by atoms with Crippen LogP contribution in [0.15, 0.2) is 23.6 Å². The van der Waals surface area contributed by atoms with Crippen molar-refractivity contribution >= 4 is 27.3 Å². The number of carbonyl (C=O) groups is 1. The fourth-order valence-corrected chi connectivity index (χ4v) is 3.03. The number of halogens is 1. The number of fused-ring (bicyclic) bond motifs is 1. The molecule has 2 rings (SSSR count). The van der Waals surface area contributed by atoms with Crippen molar-refractivity contribution in [3.8, 4) is 0 Å². The van der Waals surface area contributed by atoms with E-state index in [1.807, 2.05) is 31.4 Å². The number of hydrogen-bond acceptors (Lipinski definition) is 3. The van der Waals surface area contributed by atoms with Crippen LogP contribution >= 0.6 is 11.3 Å². The first-order chi connectivity index (χ1) is 10.2. The molecule has 0 spiro atoms. The van der Waals surface area contributed by atoms with Crippen molar-refractivity contribution in [3.05, 3.63) is 35.0 Å². The van der Waals surface area contributed by atoms with Crippen LogP contribution in [-0.2, 0) is 16.0 Å². The third kappa shape index (κ3) is 4.02. The van der Waals surface area contributed by atoms with E-state index in [2.05, 4.69) is 0 Å². The van der Waals surface area contributed by atoms with Gasteiger partial charge in [-0.05, 0) is 54.8 Å². The number of carbonyl (C=O) groups excluding carboxylic acids is 1. The summed E-state index contributed by atoms with van der Waals surface area (Å²) in [5, 5.41) is 3.00. The highest BCUT2D eigenvalue weighted by Crippen LogP contribution is 2.24. The average Bonchev–Trinajstić information content (AvgIpc) is 2.91. The number of amides is 1. The molecule has 0 unspecified atom stereocenters. The molecule has 0 fully saturated rings. The van der Waals surface area contributed by atoms with Crippen LogP contribution in [0.25, 0.3) is 10.1 Å². The van der Waals surface area contributed by atoms with E-state index in [1.54, 1.807) is 11.0 Å². The van der Waals surface area contributed by atoms with Crippen molar-refractivity contribution in [2.24, 2.45) is 0 Å². The Labute approximate surface area is 128 Å². The molecule has 1 heterocycles. The van der Waals surface area contributed by atoms with Crippen LogP contribution in [0, 0.1) is 5.82 Å². The molecule has 0 aliphatic carbocycles. The van der Waals surface area contributed by atoms with Gasteiger partial charge in [-0.15, -0.1) is 11.3 Å². The van der Waals surface area contributed by atoms with Gasteiger partial charge in [0.1, 0.15) is 12.4 Å². The molecule has 0 saturated heterocycles. The van der Waals surface area contributed by atoms with E-state index in [9.17, 15) is 9.18 Å². The van der Waals surface area contributed by atoms with Crippen LogP contribution in [0.5, 0.6) is 0 Å². The van der Waals surface area contributed by atoms with Crippen LogP contribution in [0.3, 0.4) is 0 Å². The zero-order valence-electron chi connectivity index (χ0n) is 12.4. The second-order valence-corrected chi connectivity index (χ2v) is 5.72. The molecule has 1 amide bonds. The Hall–Kier alpha value is -1.46. The fraction of sp³-hybridized carbons (Fsp3) is 0.438. The predicted octanol–water partition coefficient (Wildman–Crippen LogP) is 3.47. The highest BCUT2D eigenvalue weighted by molar-refractivity contribution is 7.17. The Bertz CT molecular complexity index is 607. The zero-order valence-corrected chi connectivity index (χ0v) is 13.2. The van der Waals surface area contributed by atoms with Gasteiger partial charge in [0, 0.05) is 17.8 Å². The fourth-order valence-electron chi connectivity index (χ4n) is 2.23. The smallest absolute Gasteiger partial charge is 0.248 e. The van der Waals surface area contributed by atoms with Gasteiger partial charge < -0.3 is 9.64 Å². The van der Waals surface area contributed by atoms with Gasteiger partial charge in [0.25, 0.3) is 0 Å². The minimum absolute atomic E-state index is 0.0197. The van der Waals surface area contributed by atoms with Gasteiger partial charge in [0.2, 0.25) is 5.91 Å². The summed E-state index contributed by atoms with van der Waals surface area (Å²) in [5.74, 6) is -0.225. The molecule has 2 aromatic rings. The first-order valence-electron chi connectivity index (χ1n) is 7.16. The molecule has 1 aromatic carbocycles. The Morgan fingerprint density at radius 3 is 2.81 bits per heavy atom. The van der Waals surface area contributed by atoms with Crippen LogP contribution in [0.1, 0.15) is 19.4 Å². The molecule has 0 aliphatic rings. The molecule has 21 heavy (non-hydrogen) atoms. The molecule has 0 saturated carbocycles. The third-order valence-corrected chi connectivity index (χ3v) is 4.36. The zero-order chi connectivity index (χ0) is 15.2. The summed E-state index contributed by atoms with van der Waals surface area (Å²) in [4.78, 5) is 13.5. The molecule has 0 radical (unpaired) electrons. The monoisotopic (exact) mass is 309 g/mol. The van der Waals surface area contributed by atoms with Gasteiger partial charge >= 0.3 is 0 Å². The standard InChI is InChI=1S/C16H20FNO2S/c1-3-18(4-2)16(19)11-20-7-5-12-9-13-6-8-21-15(13)10-14(12)17/h6,8-10H,3-5,7,11H2,1-2H3. The van der Waals surface area contributed by atoms with Crippen molar-refractivity contribution < 1.29 is 13.9 Å². The van der Waals surface area contributed by atoms with E-state index >= 15 is 0 Å². The molecular formula is C16H20FNO2S. The first kappa shape index (κ1) is 15.9. The van der Waals surface area contributed by atoms with Gasteiger partial charge in [0.15, 0.2) is 0 Å². The summed E-state index contributed by atoms with van der Waals surface area (Å²) < 4.78 is 20.2. The van der Waals surface area contributed by atoms with Crippen LogP contribution in [0.2, 0.25) is 0 Å². The van der Waals surface area contributed by atoms with Crippen molar-refractivity contribution in [2.45, 2.75) is 20.3 Å². The van der Waals surface area contributed by atoms with E-state index in [4.69, 9.17) is 4.74 Å². The summed E-state index contributed by atoms with van der Waals surface area (Å²) in [6.45, 7) is 5.65. The lowest BCUT2D eigenvalue weighted by atomic mass is 10.1. The van der Waals surface area contributed by atoms with Crippen LogP contribution in [0.4, 0.5) is 4.39 Å². The van der Waals surface area contributed by atoms with Crippen LogP contribution < -0.4 is 0 Å². The second-order valence-electron chi connectivity index (χ2n) is 4.77. The maximum Gasteiger partial charge on any atom is 0.248 e. The van der Waals surface area contributed by atoms with Gasteiger partial charge in [-0.25, -0.2) is 4.39 Å². The lowest BCUT2D eigenvalue weighted by molar-refractivity contribution is -0.135. The maximum absolute atomic E-state index is 13.9.